The molecular weight excluding hydrogens is 302 g/mol. The van der Waals surface area contributed by atoms with Crippen molar-refractivity contribution in [1.29, 1.82) is 0 Å². The molecule has 0 bridgehead atoms. The molecule has 1 N–H and O–H groups in total. The summed E-state index contributed by atoms with van der Waals surface area (Å²) in [5, 5.41) is 4.29. The lowest BCUT2D eigenvalue weighted by Crippen LogP contribution is -2.16. The number of hydrogen-bond acceptors (Lipinski definition) is 5. The Balaban J connectivity index is 2.04. The van der Waals surface area contributed by atoms with Crippen LogP contribution in [0.4, 0.5) is 5.69 Å². The van der Waals surface area contributed by atoms with E-state index in [4.69, 9.17) is 9.47 Å². The second-order valence-corrected chi connectivity index (χ2v) is 5.62. The molecule has 0 saturated heterocycles. The fraction of sp³-hybridized carbons (Fsp3) is 0.316. The van der Waals surface area contributed by atoms with Crippen molar-refractivity contribution in [2.75, 3.05) is 39.8 Å². The van der Waals surface area contributed by atoms with Crippen LogP contribution in [0.3, 0.4) is 0 Å². The second-order valence-electron chi connectivity index (χ2n) is 5.62. The fourth-order valence-corrected chi connectivity index (χ4v) is 2.19. The van der Waals surface area contributed by atoms with E-state index in [2.05, 4.69) is 29.5 Å². The maximum Gasteiger partial charge on any atom is 0.169 e. The van der Waals surface area contributed by atoms with E-state index in [-0.39, 0.29) is 0 Å². The van der Waals surface area contributed by atoms with E-state index in [1.807, 2.05) is 48.5 Å². The minimum atomic E-state index is 0.630. The normalized spacial score (nSPS) is 11.0. The van der Waals surface area contributed by atoms with Crippen molar-refractivity contribution in [2.24, 2.45) is 5.10 Å². The van der Waals surface area contributed by atoms with Gasteiger partial charge in [0.05, 0.1) is 25.6 Å². The first kappa shape index (κ1) is 17.8. The third kappa shape index (κ3) is 5.59. The van der Waals surface area contributed by atoms with Crippen LogP contribution < -0.4 is 14.9 Å². The molecule has 0 spiro atoms. The van der Waals surface area contributed by atoms with Crippen molar-refractivity contribution < 1.29 is 9.47 Å². The van der Waals surface area contributed by atoms with Gasteiger partial charge in [0.2, 0.25) is 0 Å². The number of anilines is 1. The molecule has 0 amide bonds. The van der Waals surface area contributed by atoms with Gasteiger partial charge in [0.25, 0.3) is 0 Å². The highest BCUT2D eigenvalue weighted by molar-refractivity contribution is 5.85. The Hall–Kier alpha value is -2.53. The van der Waals surface area contributed by atoms with Gasteiger partial charge in [-0.2, -0.15) is 5.10 Å². The summed E-state index contributed by atoms with van der Waals surface area (Å²) in [4.78, 5) is 2.14. The van der Waals surface area contributed by atoms with Gasteiger partial charge in [-0.3, -0.25) is 5.43 Å². The summed E-state index contributed by atoms with van der Waals surface area (Å²) in [5.74, 6) is 1.43. The quantitative estimate of drug-likeness (QED) is 0.435. The summed E-state index contributed by atoms with van der Waals surface area (Å²) in [5.41, 5.74) is 4.82. The zero-order valence-electron chi connectivity index (χ0n) is 14.5. The molecule has 2 aromatic carbocycles. The highest BCUT2D eigenvalue weighted by atomic mass is 16.5. The van der Waals surface area contributed by atoms with Crippen LogP contribution in [0.25, 0.3) is 0 Å². The van der Waals surface area contributed by atoms with Crippen molar-refractivity contribution >= 4 is 11.9 Å². The van der Waals surface area contributed by atoms with Gasteiger partial charge in [-0.15, -0.1) is 0 Å². The van der Waals surface area contributed by atoms with Crippen molar-refractivity contribution in [3.63, 3.8) is 0 Å². The minimum absolute atomic E-state index is 0.630. The number of ether oxygens (including phenoxy) is 2. The van der Waals surface area contributed by atoms with Gasteiger partial charge < -0.3 is 14.4 Å². The third-order valence-electron chi connectivity index (χ3n) is 3.40. The first-order valence-corrected chi connectivity index (χ1v) is 7.99. The monoisotopic (exact) mass is 327 g/mol. The zero-order valence-corrected chi connectivity index (χ0v) is 14.5. The van der Waals surface area contributed by atoms with Crippen molar-refractivity contribution in [1.82, 2.24) is 4.90 Å². The molecule has 2 rings (SSSR count). The summed E-state index contributed by atoms with van der Waals surface area (Å²) in [7, 11) is 5.75. The predicted octanol–water partition coefficient (Wildman–Crippen LogP) is 3.47. The Morgan fingerprint density at radius 2 is 1.88 bits per heavy atom. The molecule has 0 saturated carbocycles. The summed E-state index contributed by atoms with van der Waals surface area (Å²) in [6.45, 7) is 1.61. The Labute approximate surface area is 143 Å². The molecule has 0 radical (unpaired) electrons. The van der Waals surface area contributed by atoms with Gasteiger partial charge in [-0.25, -0.2) is 0 Å². The lowest BCUT2D eigenvalue weighted by Gasteiger charge is -2.14. The largest absolute Gasteiger partial charge is 0.493 e. The molecule has 24 heavy (non-hydrogen) atoms. The van der Waals surface area contributed by atoms with Crippen LogP contribution >= 0.6 is 0 Å². The molecule has 0 fully saturated rings. The Kier molecular flexibility index (Phi) is 7.11. The van der Waals surface area contributed by atoms with Gasteiger partial charge in [0.1, 0.15) is 0 Å². The van der Waals surface area contributed by atoms with Gasteiger partial charge in [-0.1, -0.05) is 24.3 Å². The highest BCUT2D eigenvalue weighted by Crippen LogP contribution is 2.30. The first-order chi connectivity index (χ1) is 11.7. The van der Waals surface area contributed by atoms with Gasteiger partial charge in [0.15, 0.2) is 11.5 Å². The highest BCUT2D eigenvalue weighted by Gasteiger charge is 2.09. The summed E-state index contributed by atoms with van der Waals surface area (Å²) in [6, 6.07) is 15.6. The molecule has 0 heterocycles. The van der Waals surface area contributed by atoms with E-state index in [0.29, 0.717) is 12.4 Å². The van der Waals surface area contributed by atoms with Crippen LogP contribution in [0.15, 0.2) is 53.6 Å². The molecule has 0 aliphatic heterocycles. The summed E-state index contributed by atoms with van der Waals surface area (Å²) >= 11 is 0. The smallest absolute Gasteiger partial charge is 0.169 e. The van der Waals surface area contributed by atoms with E-state index < -0.39 is 0 Å². The average molecular weight is 327 g/mol. The standard InChI is InChI=1S/C19H25N3O2/c1-22(2)13-8-14-24-19-16(9-7-12-18(19)23-3)15-20-21-17-10-5-4-6-11-17/h4-7,9-12,15,21H,8,13-14H2,1-3H3. The van der Waals surface area contributed by atoms with Gasteiger partial charge in [0, 0.05) is 12.1 Å². The minimum Gasteiger partial charge on any atom is -0.493 e. The maximum atomic E-state index is 5.94. The molecule has 2 aromatic rings. The number of methoxy groups -OCH3 is 1. The Morgan fingerprint density at radius 1 is 1.08 bits per heavy atom. The number of benzene rings is 2. The zero-order chi connectivity index (χ0) is 17.2. The average Bonchev–Trinajstić information content (AvgIpc) is 2.60. The molecule has 0 aliphatic carbocycles. The van der Waals surface area contributed by atoms with E-state index >= 15 is 0 Å². The van der Waals surface area contributed by atoms with Crippen molar-refractivity contribution in [2.45, 2.75) is 6.42 Å². The SMILES string of the molecule is COc1cccc(C=NNc2ccccc2)c1OCCCN(C)C. The molecule has 5 heteroatoms. The van der Waals surface area contributed by atoms with E-state index in [0.717, 1.165) is 30.0 Å². The van der Waals surface area contributed by atoms with E-state index in [1.54, 1.807) is 13.3 Å². The van der Waals surface area contributed by atoms with Gasteiger partial charge >= 0.3 is 0 Å². The fourth-order valence-electron chi connectivity index (χ4n) is 2.19. The van der Waals surface area contributed by atoms with Crippen LogP contribution in [0.5, 0.6) is 11.5 Å². The Bertz CT molecular complexity index is 642. The topological polar surface area (TPSA) is 46.1 Å². The number of nitrogens with zero attached hydrogens (tertiary/aromatic N) is 2. The first-order valence-electron chi connectivity index (χ1n) is 7.99. The van der Waals surface area contributed by atoms with Gasteiger partial charge in [-0.05, 0) is 44.8 Å². The molecule has 0 aromatic heterocycles. The van der Waals surface area contributed by atoms with E-state index in [1.165, 1.54) is 0 Å². The molecule has 0 unspecified atom stereocenters. The van der Waals surface area contributed by atoms with Crippen molar-refractivity contribution in [3.05, 3.63) is 54.1 Å². The number of nitrogens with one attached hydrogen (secondary N) is 1. The lowest BCUT2D eigenvalue weighted by molar-refractivity contribution is 0.268. The van der Waals surface area contributed by atoms with Crippen LogP contribution in [0.1, 0.15) is 12.0 Å². The molecule has 0 atom stereocenters. The van der Waals surface area contributed by atoms with Crippen molar-refractivity contribution in [3.8, 4) is 11.5 Å². The number of rotatable bonds is 9. The third-order valence-corrected chi connectivity index (χ3v) is 3.40. The molecule has 5 nitrogen and oxygen atoms in total. The second kappa shape index (κ2) is 9.57. The Morgan fingerprint density at radius 3 is 2.58 bits per heavy atom. The van der Waals surface area contributed by atoms with E-state index in [9.17, 15) is 0 Å². The molecular formula is C19H25N3O2. The van der Waals surface area contributed by atoms with Crippen LogP contribution in [-0.4, -0.2) is 45.5 Å². The summed E-state index contributed by atoms with van der Waals surface area (Å²) < 4.78 is 11.4. The maximum absolute atomic E-state index is 5.94. The van der Waals surface area contributed by atoms with Crippen LogP contribution in [0, 0.1) is 0 Å². The number of para-hydroxylation sites is 2. The lowest BCUT2D eigenvalue weighted by atomic mass is 10.2. The number of hydrazone groups is 1. The predicted molar refractivity (Wildman–Crippen MR) is 99.3 cm³/mol. The van der Waals surface area contributed by atoms with Crippen LogP contribution in [0.2, 0.25) is 0 Å². The summed E-state index contributed by atoms with van der Waals surface area (Å²) in [6.07, 6.45) is 2.70. The molecule has 128 valence electrons. The number of hydrogen-bond donors (Lipinski definition) is 1. The van der Waals surface area contributed by atoms with Crippen LogP contribution in [-0.2, 0) is 0 Å². The molecule has 0 aliphatic rings.